The van der Waals surface area contributed by atoms with Gasteiger partial charge in [-0.15, -0.1) is 0 Å². The third kappa shape index (κ3) is 1.19. The Kier molecular flexibility index (Phi) is 2.01. The van der Waals surface area contributed by atoms with Crippen molar-refractivity contribution in [3.05, 3.63) is 29.2 Å². The summed E-state index contributed by atoms with van der Waals surface area (Å²) in [6.07, 6.45) is 3.20. The normalized spacial score (nSPS) is 11.7. The Morgan fingerprint density at radius 3 is 3.00 bits per heavy atom. The van der Waals surface area contributed by atoms with E-state index in [4.69, 9.17) is 0 Å². The molecular formula is C12H14N3S+. The van der Waals surface area contributed by atoms with Gasteiger partial charge in [0, 0.05) is 6.42 Å². The number of hydrogen-bond donors (Lipinski definition) is 0. The Balaban J connectivity index is 2.56. The van der Waals surface area contributed by atoms with Crippen LogP contribution in [0.1, 0.15) is 17.8 Å². The first-order chi connectivity index (χ1) is 7.70. The van der Waals surface area contributed by atoms with Gasteiger partial charge in [-0.2, -0.15) is 4.40 Å². The standard InChI is InChI=1S/C12H14N3S/c1-4-11-14(3)7-9-5-6-10-12(15(9)11)16-8(2)13-10/h5-7H,4H2,1-3H3/q+1. The fourth-order valence-electron chi connectivity index (χ4n) is 2.26. The monoisotopic (exact) mass is 232 g/mol. The zero-order valence-electron chi connectivity index (χ0n) is 9.69. The average molecular weight is 232 g/mol. The van der Waals surface area contributed by atoms with Gasteiger partial charge in [0.05, 0.1) is 12.1 Å². The molecule has 3 nitrogen and oxygen atoms in total. The molecule has 0 fully saturated rings. The fraction of sp³-hybridized carbons (Fsp3) is 0.333. The molecule has 3 rings (SSSR count). The molecule has 0 saturated carbocycles. The van der Waals surface area contributed by atoms with Gasteiger partial charge in [0.15, 0.2) is 5.52 Å². The lowest BCUT2D eigenvalue weighted by Gasteiger charge is -1.93. The summed E-state index contributed by atoms with van der Waals surface area (Å²) in [5.41, 5.74) is 2.34. The summed E-state index contributed by atoms with van der Waals surface area (Å²) in [7, 11) is 2.10. The van der Waals surface area contributed by atoms with Crippen molar-refractivity contribution in [1.82, 2.24) is 9.38 Å². The second-order valence-corrected chi connectivity index (χ2v) is 5.21. The van der Waals surface area contributed by atoms with E-state index in [0.29, 0.717) is 0 Å². The van der Waals surface area contributed by atoms with Crippen LogP contribution in [-0.2, 0) is 13.5 Å². The predicted molar refractivity (Wildman–Crippen MR) is 65.9 cm³/mol. The molecular weight excluding hydrogens is 218 g/mol. The molecule has 0 aliphatic rings. The molecule has 0 amide bonds. The van der Waals surface area contributed by atoms with Crippen molar-refractivity contribution < 1.29 is 4.57 Å². The van der Waals surface area contributed by atoms with Crippen LogP contribution in [0, 0.1) is 6.92 Å². The summed E-state index contributed by atoms with van der Waals surface area (Å²) in [4.78, 5) is 5.79. The number of rotatable bonds is 1. The van der Waals surface area contributed by atoms with Crippen molar-refractivity contribution in [2.75, 3.05) is 0 Å². The lowest BCUT2D eigenvalue weighted by molar-refractivity contribution is -0.677. The van der Waals surface area contributed by atoms with Gasteiger partial charge >= 0.3 is 0 Å². The van der Waals surface area contributed by atoms with Gasteiger partial charge in [0.1, 0.15) is 11.7 Å². The van der Waals surface area contributed by atoms with Crippen LogP contribution in [0.3, 0.4) is 0 Å². The summed E-state index contributed by atoms with van der Waals surface area (Å²) in [6, 6.07) is 4.24. The third-order valence-corrected chi connectivity index (χ3v) is 3.89. The lowest BCUT2D eigenvalue weighted by atomic mass is 10.4. The molecule has 82 valence electrons. The Morgan fingerprint density at radius 1 is 1.44 bits per heavy atom. The number of thiazole rings is 1. The Labute approximate surface area is 98.0 Å². The highest BCUT2D eigenvalue weighted by Gasteiger charge is 2.18. The van der Waals surface area contributed by atoms with E-state index in [2.05, 4.69) is 53.2 Å². The molecule has 3 heterocycles. The molecule has 0 spiro atoms. The SMILES string of the molecule is CCc1n2c(ccc3nc(C)sc32)c[n+]1C. The van der Waals surface area contributed by atoms with Crippen molar-refractivity contribution in [1.29, 1.82) is 0 Å². The zero-order valence-corrected chi connectivity index (χ0v) is 10.5. The minimum Gasteiger partial charge on any atom is -0.237 e. The van der Waals surface area contributed by atoms with Crippen molar-refractivity contribution in [3.8, 4) is 0 Å². The second-order valence-electron chi connectivity index (χ2n) is 4.03. The quantitative estimate of drug-likeness (QED) is 0.590. The average Bonchev–Trinajstić information content (AvgIpc) is 2.75. The molecule has 16 heavy (non-hydrogen) atoms. The van der Waals surface area contributed by atoms with Crippen LogP contribution in [0.15, 0.2) is 18.3 Å². The second kappa shape index (κ2) is 3.28. The molecule has 0 aliphatic carbocycles. The molecule has 0 radical (unpaired) electrons. The first-order valence-corrected chi connectivity index (χ1v) is 6.28. The van der Waals surface area contributed by atoms with Gasteiger partial charge < -0.3 is 0 Å². The number of nitrogens with zero attached hydrogens (tertiary/aromatic N) is 3. The Morgan fingerprint density at radius 2 is 2.25 bits per heavy atom. The predicted octanol–water partition coefficient (Wildman–Crippen LogP) is 2.24. The van der Waals surface area contributed by atoms with Crippen LogP contribution in [-0.4, -0.2) is 9.38 Å². The largest absolute Gasteiger partial charge is 0.262 e. The molecule has 3 aromatic rings. The highest BCUT2D eigenvalue weighted by Crippen LogP contribution is 2.23. The van der Waals surface area contributed by atoms with Crippen molar-refractivity contribution in [2.24, 2.45) is 7.05 Å². The van der Waals surface area contributed by atoms with Gasteiger partial charge in [0.2, 0.25) is 4.83 Å². The topological polar surface area (TPSA) is 21.2 Å². The van der Waals surface area contributed by atoms with E-state index in [1.165, 1.54) is 16.2 Å². The van der Waals surface area contributed by atoms with Gasteiger partial charge in [-0.1, -0.05) is 18.3 Å². The van der Waals surface area contributed by atoms with Gasteiger partial charge in [-0.05, 0) is 19.1 Å². The molecule has 0 atom stereocenters. The molecule has 0 unspecified atom stereocenters. The number of hydrogen-bond acceptors (Lipinski definition) is 2. The Hall–Kier alpha value is -1.42. The van der Waals surface area contributed by atoms with E-state index >= 15 is 0 Å². The summed E-state index contributed by atoms with van der Waals surface area (Å²) >= 11 is 1.76. The van der Waals surface area contributed by atoms with E-state index in [1.54, 1.807) is 11.3 Å². The van der Waals surface area contributed by atoms with E-state index in [9.17, 15) is 0 Å². The first-order valence-electron chi connectivity index (χ1n) is 5.47. The van der Waals surface area contributed by atoms with Crippen LogP contribution < -0.4 is 4.57 Å². The minimum absolute atomic E-state index is 1.03. The highest BCUT2D eigenvalue weighted by atomic mass is 32.1. The first kappa shape index (κ1) is 9.78. The third-order valence-electron chi connectivity index (χ3n) is 2.92. The van der Waals surface area contributed by atoms with E-state index in [0.717, 1.165) is 16.9 Å². The molecule has 0 bridgehead atoms. The van der Waals surface area contributed by atoms with Crippen LogP contribution in [0.25, 0.3) is 15.9 Å². The molecule has 4 heteroatoms. The molecule has 0 saturated heterocycles. The summed E-state index contributed by atoms with van der Waals surface area (Å²) in [5, 5.41) is 1.13. The van der Waals surface area contributed by atoms with Crippen molar-refractivity contribution in [3.63, 3.8) is 0 Å². The lowest BCUT2D eigenvalue weighted by Crippen LogP contribution is -2.30. The van der Waals surface area contributed by atoms with Crippen LogP contribution in [0.5, 0.6) is 0 Å². The summed E-state index contributed by atoms with van der Waals surface area (Å²) in [5.74, 6) is 1.32. The smallest absolute Gasteiger partial charge is 0.237 e. The zero-order chi connectivity index (χ0) is 11.3. The number of aryl methyl sites for hydroxylation is 3. The Bertz CT molecular complexity index is 678. The van der Waals surface area contributed by atoms with Crippen LogP contribution in [0.4, 0.5) is 0 Å². The molecule has 0 aromatic carbocycles. The van der Waals surface area contributed by atoms with Gasteiger partial charge in [-0.3, -0.25) is 0 Å². The van der Waals surface area contributed by atoms with Crippen LogP contribution in [0.2, 0.25) is 0 Å². The van der Waals surface area contributed by atoms with E-state index in [-0.39, 0.29) is 0 Å². The van der Waals surface area contributed by atoms with E-state index < -0.39 is 0 Å². The number of pyridine rings is 1. The minimum atomic E-state index is 1.03. The summed E-state index contributed by atoms with van der Waals surface area (Å²) < 4.78 is 4.52. The summed E-state index contributed by atoms with van der Waals surface area (Å²) in [6.45, 7) is 4.25. The molecule has 0 aliphatic heterocycles. The number of fused-ring (bicyclic) bond motifs is 3. The van der Waals surface area contributed by atoms with Crippen molar-refractivity contribution >= 4 is 27.2 Å². The molecule has 3 aromatic heterocycles. The number of imidazole rings is 1. The van der Waals surface area contributed by atoms with Gasteiger partial charge in [0.25, 0.3) is 5.82 Å². The maximum atomic E-state index is 4.54. The fourth-order valence-corrected chi connectivity index (χ4v) is 3.21. The maximum Gasteiger partial charge on any atom is 0.262 e. The van der Waals surface area contributed by atoms with Gasteiger partial charge in [-0.25, -0.2) is 9.55 Å². The highest BCUT2D eigenvalue weighted by molar-refractivity contribution is 7.18. The van der Waals surface area contributed by atoms with E-state index in [1.807, 2.05) is 0 Å². The number of aromatic nitrogens is 3. The maximum absolute atomic E-state index is 4.54. The van der Waals surface area contributed by atoms with Crippen LogP contribution >= 0.6 is 11.3 Å². The van der Waals surface area contributed by atoms with Crippen molar-refractivity contribution in [2.45, 2.75) is 20.3 Å². The molecule has 0 N–H and O–H groups in total.